The third-order valence-corrected chi connectivity index (χ3v) is 13.2. The second-order valence-corrected chi connectivity index (χ2v) is 19.0. The summed E-state index contributed by atoms with van der Waals surface area (Å²) in [5.41, 5.74) is 3.56. The first-order valence-corrected chi connectivity index (χ1v) is 16.3. The summed E-state index contributed by atoms with van der Waals surface area (Å²) in [5.74, 6) is 3.52. The Kier molecular flexibility index (Phi) is 5.77. The van der Waals surface area contributed by atoms with Crippen LogP contribution in [0.25, 0.3) is 0 Å². The van der Waals surface area contributed by atoms with Crippen LogP contribution in [0.5, 0.6) is 0 Å². The maximum absolute atomic E-state index is 3.56. The van der Waals surface area contributed by atoms with Crippen molar-refractivity contribution >= 4 is 39.0 Å². The zero-order chi connectivity index (χ0) is 18.5. The van der Waals surface area contributed by atoms with E-state index >= 15 is 0 Å². The Balaban J connectivity index is 2.39. The van der Waals surface area contributed by atoms with Crippen LogP contribution < -0.4 is 13.1 Å². The summed E-state index contributed by atoms with van der Waals surface area (Å²) >= 11 is -2.76. The molecule has 26 heavy (non-hydrogen) atoms. The average Bonchev–Trinajstić information content (AvgIpc) is 2.67. The molecule has 3 aromatic rings. The van der Waals surface area contributed by atoms with E-state index in [-0.39, 0.29) is 0 Å². The van der Waals surface area contributed by atoms with Gasteiger partial charge in [-0.2, -0.15) is 0 Å². The number of hydrogen-bond acceptors (Lipinski definition) is 0. The minimum absolute atomic E-state index is 1.41. The van der Waals surface area contributed by atoms with Crippen LogP contribution in [-0.4, -0.2) is 26.0 Å². The molecule has 0 aromatic heterocycles. The Bertz CT molecular complexity index is 853. The van der Waals surface area contributed by atoms with Gasteiger partial charge in [0.25, 0.3) is 0 Å². The van der Waals surface area contributed by atoms with E-state index in [0.29, 0.717) is 0 Å². The Labute approximate surface area is 160 Å². The van der Waals surface area contributed by atoms with Crippen LogP contribution in [0.15, 0.2) is 91.0 Å². The van der Waals surface area contributed by atoms with Crippen molar-refractivity contribution in [3.05, 3.63) is 91.0 Å². The fourth-order valence-electron chi connectivity index (χ4n) is 3.01. The van der Waals surface area contributed by atoms with Gasteiger partial charge in [-0.05, 0) is 0 Å². The molecule has 0 fully saturated rings. The summed E-state index contributed by atoms with van der Waals surface area (Å²) in [6.45, 7) is 6.90. The van der Waals surface area contributed by atoms with Gasteiger partial charge in [0.2, 0.25) is 0 Å². The van der Waals surface area contributed by atoms with Crippen molar-refractivity contribution in [2.45, 2.75) is 19.6 Å². The van der Waals surface area contributed by atoms with Gasteiger partial charge in [-0.1, -0.05) is 0 Å². The van der Waals surface area contributed by atoms with E-state index in [2.05, 4.69) is 127 Å². The van der Waals surface area contributed by atoms with Crippen LogP contribution in [0.4, 0.5) is 0 Å². The monoisotopic (exact) mass is 416 g/mol. The second-order valence-electron chi connectivity index (χ2n) is 7.38. The molecule has 0 atom stereocenters. The van der Waals surface area contributed by atoms with Crippen LogP contribution in [0.2, 0.25) is 19.6 Å². The number of rotatable bonds is 3. The molecule has 0 nitrogen and oxygen atoms in total. The predicted octanol–water partition coefficient (Wildman–Crippen LogP) is 3.42. The molecule has 0 bridgehead atoms. The first-order chi connectivity index (χ1) is 12.5. The van der Waals surface area contributed by atoms with Crippen molar-refractivity contribution in [1.29, 1.82) is 0 Å². The third kappa shape index (κ3) is 4.15. The molecule has 0 saturated carbocycles. The van der Waals surface area contributed by atoms with Crippen LogP contribution in [0.3, 0.4) is 0 Å². The third-order valence-electron chi connectivity index (χ3n) is 4.20. The molecule has 0 saturated heterocycles. The van der Waals surface area contributed by atoms with Gasteiger partial charge >= 0.3 is 161 Å². The van der Waals surface area contributed by atoms with E-state index in [9.17, 15) is 0 Å². The average molecular weight is 416 g/mol. The quantitative estimate of drug-likeness (QED) is 0.454. The maximum atomic E-state index is 3.56. The van der Waals surface area contributed by atoms with Gasteiger partial charge in [0.1, 0.15) is 0 Å². The van der Waals surface area contributed by atoms with Crippen LogP contribution in [0.1, 0.15) is 0 Å². The van der Waals surface area contributed by atoms with Crippen LogP contribution >= 0.6 is 0 Å². The van der Waals surface area contributed by atoms with Gasteiger partial charge in [0, 0.05) is 0 Å². The molecular formula is C24H25AsSi. The number of hydrogen-bond donors (Lipinski definition) is 0. The molecule has 0 spiro atoms. The van der Waals surface area contributed by atoms with Gasteiger partial charge in [0.15, 0.2) is 0 Å². The molecule has 0 unspecified atom stereocenters. The topological polar surface area (TPSA) is 0 Å². The van der Waals surface area contributed by atoms with Crippen molar-refractivity contribution in [3.8, 4) is 11.5 Å². The van der Waals surface area contributed by atoms with Gasteiger partial charge in [-0.15, -0.1) is 0 Å². The summed E-state index contributed by atoms with van der Waals surface area (Å²) in [5, 5.41) is 0. The molecule has 2 heteroatoms. The first-order valence-electron chi connectivity index (χ1n) is 8.95. The Morgan fingerprint density at radius 1 is 0.615 bits per heavy atom. The molecule has 0 radical (unpaired) electrons. The zero-order valence-electron chi connectivity index (χ0n) is 15.7. The van der Waals surface area contributed by atoms with Crippen molar-refractivity contribution < 1.29 is 0 Å². The molecule has 0 aliphatic carbocycles. The molecule has 0 N–H and O–H groups in total. The Morgan fingerprint density at radius 3 is 1.27 bits per heavy atom. The molecule has 3 rings (SSSR count). The van der Waals surface area contributed by atoms with E-state index in [4.69, 9.17) is 0 Å². The van der Waals surface area contributed by atoms with Gasteiger partial charge < -0.3 is 0 Å². The number of benzene rings is 3. The molecule has 0 amide bonds. The standard InChI is InChI=1S/C24H25AsSi/c1-26(2,3)21-13-20-25(22-14-7-4-8-15-22,23-16-9-5-10-17-23)24-18-11-6-12-19-24/h4-12,14-20H,1-3H3. The van der Waals surface area contributed by atoms with Gasteiger partial charge in [-0.25, -0.2) is 0 Å². The summed E-state index contributed by atoms with van der Waals surface area (Å²) in [6.07, 6.45) is 0. The van der Waals surface area contributed by atoms with Crippen LogP contribution in [0, 0.1) is 11.5 Å². The van der Waals surface area contributed by atoms with E-state index in [1.54, 1.807) is 0 Å². The fourth-order valence-corrected chi connectivity index (χ4v) is 11.2. The van der Waals surface area contributed by atoms with Crippen molar-refractivity contribution in [1.82, 2.24) is 0 Å². The summed E-state index contributed by atoms with van der Waals surface area (Å²) in [4.78, 5) is 2.37. The molecule has 3 aromatic carbocycles. The zero-order valence-corrected chi connectivity index (χ0v) is 18.6. The van der Waals surface area contributed by atoms with E-state index < -0.39 is 21.2 Å². The molecule has 0 aliphatic rings. The molecule has 130 valence electrons. The van der Waals surface area contributed by atoms with Crippen molar-refractivity contribution in [2.24, 2.45) is 0 Å². The SMILES string of the molecule is C[Si](C)(C)C#CC=[As](c1ccccc1)(c1ccccc1)c1ccccc1. The van der Waals surface area contributed by atoms with E-state index in [1.165, 1.54) is 13.1 Å². The van der Waals surface area contributed by atoms with Crippen molar-refractivity contribution in [3.63, 3.8) is 0 Å². The summed E-state index contributed by atoms with van der Waals surface area (Å²) < 4.78 is 4.23. The molecular weight excluding hydrogens is 391 g/mol. The van der Waals surface area contributed by atoms with Crippen LogP contribution in [-0.2, 0) is 0 Å². The van der Waals surface area contributed by atoms with E-state index in [0.717, 1.165) is 0 Å². The van der Waals surface area contributed by atoms with Crippen molar-refractivity contribution in [2.75, 3.05) is 0 Å². The molecule has 0 aliphatic heterocycles. The predicted molar refractivity (Wildman–Crippen MR) is 121 cm³/mol. The fraction of sp³-hybridized carbons (Fsp3) is 0.125. The second kappa shape index (κ2) is 8.04. The summed E-state index contributed by atoms with van der Waals surface area (Å²) in [6, 6.07) is 32.8. The van der Waals surface area contributed by atoms with Gasteiger partial charge in [-0.3, -0.25) is 0 Å². The summed E-state index contributed by atoms with van der Waals surface area (Å²) in [7, 11) is -1.42. The minimum atomic E-state index is -2.76. The normalized spacial score (nSPS) is 11.3. The molecule has 0 heterocycles. The first kappa shape index (κ1) is 18.7. The van der Waals surface area contributed by atoms with Gasteiger partial charge in [0.05, 0.1) is 0 Å². The van der Waals surface area contributed by atoms with E-state index in [1.807, 2.05) is 0 Å². The Morgan fingerprint density at radius 2 is 0.962 bits per heavy atom. The Hall–Kier alpha value is -2.13.